The number of hydrogen-bond acceptors (Lipinski definition) is 6. The van der Waals surface area contributed by atoms with Gasteiger partial charge in [-0.15, -0.1) is 5.10 Å². The summed E-state index contributed by atoms with van der Waals surface area (Å²) in [6.45, 7) is 10.6. The van der Waals surface area contributed by atoms with Crippen LogP contribution in [0.25, 0.3) is 0 Å². The summed E-state index contributed by atoms with van der Waals surface area (Å²) in [5, 5.41) is 13.2. The first-order valence-electron chi connectivity index (χ1n) is 8.65. The van der Waals surface area contributed by atoms with Gasteiger partial charge in [0.15, 0.2) is 12.0 Å². The highest BCUT2D eigenvalue weighted by Crippen LogP contribution is 2.02. The van der Waals surface area contributed by atoms with E-state index in [-0.39, 0.29) is 17.6 Å². The molecule has 25 heavy (non-hydrogen) atoms. The number of hydrogen-bond donors (Lipinski definition) is 2. The summed E-state index contributed by atoms with van der Waals surface area (Å²) < 4.78 is 12.4. The van der Waals surface area contributed by atoms with E-state index in [9.17, 15) is 9.59 Å². The monoisotopic (exact) mass is 355 g/mol. The average molecular weight is 355 g/mol. The molecule has 1 heterocycles. The molecule has 1 rings (SSSR count). The summed E-state index contributed by atoms with van der Waals surface area (Å²) in [6.07, 6.45) is 1.87. The maximum atomic E-state index is 12.2. The average Bonchev–Trinajstić information content (AvgIpc) is 3.03. The second-order valence-corrected chi connectivity index (χ2v) is 5.68. The van der Waals surface area contributed by atoms with E-state index in [0.717, 1.165) is 6.42 Å². The van der Waals surface area contributed by atoms with Crippen LogP contribution in [0.4, 0.5) is 0 Å². The second kappa shape index (κ2) is 10.8. The van der Waals surface area contributed by atoms with Crippen molar-refractivity contribution in [1.82, 2.24) is 25.6 Å². The standard InChI is InChI=1S/C16H29N5O4/c1-6-11(4)17-15(22)12(5)18-16(23)13-9-21(20-19-13)10-14(24-7-2)25-8-3/h9,11-12,14H,6-8,10H2,1-5H3,(H,17,22)(H,18,23). The lowest BCUT2D eigenvalue weighted by molar-refractivity contribution is -0.145. The van der Waals surface area contributed by atoms with E-state index >= 15 is 0 Å². The molecular weight excluding hydrogens is 326 g/mol. The van der Waals surface area contributed by atoms with Gasteiger partial charge in [0.2, 0.25) is 5.91 Å². The van der Waals surface area contributed by atoms with E-state index in [0.29, 0.717) is 19.8 Å². The minimum absolute atomic E-state index is 0.0572. The van der Waals surface area contributed by atoms with Gasteiger partial charge >= 0.3 is 0 Å². The Bertz CT molecular complexity index is 542. The molecule has 2 N–H and O–H groups in total. The number of nitrogens with zero attached hydrogens (tertiary/aromatic N) is 3. The third-order valence-electron chi connectivity index (χ3n) is 3.55. The summed E-state index contributed by atoms with van der Waals surface area (Å²) in [6, 6.07) is -0.604. The summed E-state index contributed by atoms with van der Waals surface area (Å²) in [4.78, 5) is 24.2. The van der Waals surface area contributed by atoms with Gasteiger partial charge in [0, 0.05) is 19.3 Å². The Kier molecular flexibility index (Phi) is 9.07. The zero-order chi connectivity index (χ0) is 18.8. The van der Waals surface area contributed by atoms with Crippen LogP contribution < -0.4 is 10.6 Å². The quantitative estimate of drug-likeness (QED) is 0.566. The van der Waals surface area contributed by atoms with E-state index in [4.69, 9.17) is 9.47 Å². The number of carbonyl (C=O) groups excluding carboxylic acids is 2. The first-order chi connectivity index (χ1) is 11.9. The molecule has 0 aliphatic heterocycles. The highest BCUT2D eigenvalue weighted by Gasteiger charge is 2.20. The van der Waals surface area contributed by atoms with Gasteiger partial charge in [-0.1, -0.05) is 12.1 Å². The summed E-state index contributed by atoms with van der Waals surface area (Å²) >= 11 is 0. The van der Waals surface area contributed by atoms with Gasteiger partial charge in [-0.25, -0.2) is 4.68 Å². The molecule has 2 unspecified atom stereocenters. The highest BCUT2D eigenvalue weighted by molar-refractivity contribution is 5.95. The van der Waals surface area contributed by atoms with Crippen molar-refractivity contribution in [3.8, 4) is 0 Å². The molecule has 0 fully saturated rings. The van der Waals surface area contributed by atoms with Crippen LogP contribution >= 0.6 is 0 Å². The Morgan fingerprint density at radius 3 is 2.36 bits per heavy atom. The Labute approximate surface area is 148 Å². The number of nitrogens with one attached hydrogen (secondary N) is 2. The molecule has 0 aliphatic carbocycles. The topological polar surface area (TPSA) is 107 Å². The van der Waals surface area contributed by atoms with Crippen LogP contribution in [0.15, 0.2) is 6.20 Å². The molecule has 0 aromatic carbocycles. The molecule has 142 valence electrons. The number of rotatable bonds is 11. The van der Waals surface area contributed by atoms with E-state index < -0.39 is 18.2 Å². The highest BCUT2D eigenvalue weighted by atomic mass is 16.7. The van der Waals surface area contributed by atoms with Crippen molar-refractivity contribution < 1.29 is 19.1 Å². The van der Waals surface area contributed by atoms with E-state index in [2.05, 4.69) is 20.9 Å². The van der Waals surface area contributed by atoms with Gasteiger partial charge in [0.05, 0.1) is 12.7 Å². The lowest BCUT2D eigenvalue weighted by Gasteiger charge is -2.17. The molecule has 0 aliphatic rings. The van der Waals surface area contributed by atoms with Crippen LogP contribution in [0.2, 0.25) is 0 Å². The zero-order valence-electron chi connectivity index (χ0n) is 15.6. The number of ether oxygens (including phenoxy) is 2. The van der Waals surface area contributed by atoms with Crippen molar-refractivity contribution in [2.45, 2.75) is 66.0 Å². The fraction of sp³-hybridized carbons (Fsp3) is 0.750. The van der Waals surface area contributed by atoms with Crippen LogP contribution in [0.1, 0.15) is 51.5 Å². The maximum absolute atomic E-state index is 12.2. The number of aromatic nitrogens is 3. The minimum Gasteiger partial charge on any atom is -0.352 e. The first kappa shape index (κ1) is 21.0. The van der Waals surface area contributed by atoms with Crippen LogP contribution in [0, 0.1) is 0 Å². The number of carbonyl (C=O) groups is 2. The van der Waals surface area contributed by atoms with E-state index in [1.807, 2.05) is 27.7 Å². The van der Waals surface area contributed by atoms with Crippen molar-refractivity contribution in [3.05, 3.63) is 11.9 Å². The Morgan fingerprint density at radius 2 is 1.80 bits per heavy atom. The van der Waals surface area contributed by atoms with Crippen molar-refractivity contribution in [3.63, 3.8) is 0 Å². The summed E-state index contributed by atoms with van der Waals surface area (Å²) in [7, 11) is 0. The van der Waals surface area contributed by atoms with E-state index in [1.165, 1.54) is 10.9 Å². The van der Waals surface area contributed by atoms with Crippen molar-refractivity contribution in [1.29, 1.82) is 0 Å². The smallest absolute Gasteiger partial charge is 0.274 e. The molecule has 0 saturated heterocycles. The van der Waals surface area contributed by atoms with Gasteiger partial charge in [-0.2, -0.15) is 0 Å². The Hall–Kier alpha value is -2.00. The van der Waals surface area contributed by atoms with Gasteiger partial charge in [0.1, 0.15) is 6.04 Å². The second-order valence-electron chi connectivity index (χ2n) is 5.68. The molecule has 0 spiro atoms. The lowest BCUT2D eigenvalue weighted by atomic mass is 10.2. The number of amides is 2. The molecule has 2 atom stereocenters. The molecule has 9 nitrogen and oxygen atoms in total. The van der Waals surface area contributed by atoms with Crippen molar-refractivity contribution >= 4 is 11.8 Å². The Morgan fingerprint density at radius 1 is 1.16 bits per heavy atom. The van der Waals surface area contributed by atoms with Crippen molar-refractivity contribution in [2.24, 2.45) is 0 Å². The minimum atomic E-state index is -0.661. The molecule has 1 aromatic rings. The van der Waals surface area contributed by atoms with Gasteiger partial charge in [0.25, 0.3) is 5.91 Å². The third-order valence-corrected chi connectivity index (χ3v) is 3.55. The van der Waals surface area contributed by atoms with Crippen LogP contribution in [0.5, 0.6) is 0 Å². The first-order valence-corrected chi connectivity index (χ1v) is 8.65. The molecule has 0 bridgehead atoms. The zero-order valence-corrected chi connectivity index (χ0v) is 15.6. The fourth-order valence-corrected chi connectivity index (χ4v) is 1.98. The predicted molar refractivity (Wildman–Crippen MR) is 91.9 cm³/mol. The molecule has 0 saturated carbocycles. The predicted octanol–water partition coefficient (Wildman–Crippen LogP) is 0.710. The molecule has 0 radical (unpaired) electrons. The molecule has 9 heteroatoms. The van der Waals surface area contributed by atoms with Gasteiger partial charge in [-0.3, -0.25) is 9.59 Å². The van der Waals surface area contributed by atoms with Gasteiger partial charge < -0.3 is 20.1 Å². The third kappa shape index (κ3) is 7.18. The molecule has 2 amide bonds. The van der Waals surface area contributed by atoms with E-state index in [1.54, 1.807) is 6.92 Å². The lowest BCUT2D eigenvalue weighted by Crippen LogP contribution is -2.47. The SMILES string of the molecule is CCOC(Cn1cc(C(=O)NC(C)C(=O)NC(C)CC)nn1)OCC. The summed E-state index contributed by atoms with van der Waals surface area (Å²) in [5.74, 6) is -0.690. The largest absolute Gasteiger partial charge is 0.352 e. The van der Waals surface area contributed by atoms with Crippen LogP contribution in [-0.2, 0) is 20.8 Å². The van der Waals surface area contributed by atoms with Gasteiger partial charge in [-0.05, 0) is 34.1 Å². The van der Waals surface area contributed by atoms with Crippen LogP contribution in [0.3, 0.4) is 0 Å². The summed E-state index contributed by atoms with van der Waals surface area (Å²) in [5.41, 5.74) is 0.134. The Balaban J connectivity index is 2.59. The molecular formula is C16H29N5O4. The molecule has 1 aromatic heterocycles. The van der Waals surface area contributed by atoms with Crippen LogP contribution in [-0.4, -0.2) is 58.4 Å². The normalized spacial score (nSPS) is 13.5. The fourth-order valence-electron chi connectivity index (χ4n) is 1.98. The van der Waals surface area contributed by atoms with Crippen molar-refractivity contribution in [2.75, 3.05) is 13.2 Å². The maximum Gasteiger partial charge on any atom is 0.274 e.